The maximum atomic E-state index is 12.9. The van der Waals surface area contributed by atoms with Gasteiger partial charge in [0.15, 0.2) is 0 Å². The molecule has 0 aliphatic rings. The second kappa shape index (κ2) is 4.93. The van der Waals surface area contributed by atoms with E-state index < -0.39 is 17.6 Å². The van der Waals surface area contributed by atoms with Crippen LogP contribution in [0.1, 0.15) is 20.8 Å². The molecule has 14 heavy (non-hydrogen) atoms. The van der Waals surface area contributed by atoms with Crippen LogP contribution in [0.3, 0.4) is 0 Å². The molecule has 0 rings (SSSR count). The highest BCUT2D eigenvalue weighted by Crippen LogP contribution is 2.26. The number of thioether (sulfide) groups is 1. The Balaban J connectivity index is 3.94. The van der Waals surface area contributed by atoms with Crippen molar-refractivity contribution in [2.24, 2.45) is 11.3 Å². The van der Waals surface area contributed by atoms with E-state index in [1.165, 1.54) is 5.43 Å². The number of nitrogens with one attached hydrogen (secondary N) is 1. The van der Waals surface area contributed by atoms with Gasteiger partial charge in [-0.1, -0.05) is 20.8 Å². The van der Waals surface area contributed by atoms with E-state index in [0.717, 1.165) is 11.8 Å². The summed E-state index contributed by atoms with van der Waals surface area (Å²) in [5.41, 5.74) is 1.42. The predicted octanol–water partition coefficient (Wildman–Crippen LogP) is 1.39. The van der Waals surface area contributed by atoms with Crippen LogP contribution >= 0.6 is 11.8 Å². The molecule has 0 unspecified atom stereocenters. The van der Waals surface area contributed by atoms with Gasteiger partial charge in [0.1, 0.15) is 0 Å². The van der Waals surface area contributed by atoms with Gasteiger partial charge in [0.05, 0.1) is 5.75 Å². The molecule has 0 radical (unpaired) electrons. The van der Waals surface area contributed by atoms with Crippen LogP contribution in [-0.2, 0) is 4.79 Å². The molecular formula is C8H16F2N2OS. The normalized spacial score (nSPS) is 12.7. The van der Waals surface area contributed by atoms with E-state index in [1.807, 2.05) is 20.8 Å². The van der Waals surface area contributed by atoms with Crippen LogP contribution in [0, 0.1) is 5.41 Å². The Hall–Kier alpha value is -0.360. The molecule has 0 saturated carbocycles. The Morgan fingerprint density at radius 2 is 1.86 bits per heavy atom. The summed E-state index contributed by atoms with van der Waals surface area (Å²) in [6.07, 6.45) is 0. The zero-order chi connectivity index (χ0) is 11.4. The summed E-state index contributed by atoms with van der Waals surface area (Å²) >= 11 is 1.04. The number of nitrogens with two attached hydrogens (primary N) is 1. The summed E-state index contributed by atoms with van der Waals surface area (Å²) in [5.74, 6) is -0.153. The fraction of sp³-hybridized carbons (Fsp3) is 0.875. The number of halogens is 2. The lowest BCUT2D eigenvalue weighted by Gasteiger charge is -2.19. The van der Waals surface area contributed by atoms with Gasteiger partial charge in [-0.3, -0.25) is 10.2 Å². The number of hydrogen-bond acceptors (Lipinski definition) is 3. The topological polar surface area (TPSA) is 55.1 Å². The minimum atomic E-state index is -3.38. The number of carbonyl (C=O) groups is 1. The number of hydrogen-bond donors (Lipinski definition) is 2. The molecule has 1 amide bonds. The first-order chi connectivity index (χ1) is 6.19. The van der Waals surface area contributed by atoms with E-state index in [0.29, 0.717) is 5.75 Å². The quantitative estimate of drug-likeness (QED) is 0.433. The zero-order valence-corrected chi connectivity index (χ0v) is 9.38. The fourth-order valence-corrected chi connectivity index (χ4v) is 1.76. The van der Waals surface area contributed by atoms with E-state index in [2.05, 4.69) is 5.84 Å². The smallest absolute Gasteiger partial charge is 0.289 e. The number of alkyl halides is 2. The average molecular weight is 226 g/mol. The van der Waals surface area contributed by atoms with Crippen LogP contribution in [0.25, 0.3) is 0 Å². The van der Waals surface area contributed by atoms with Gasteiger partial charge in [-0.05, 0) is 11.2 Å². The van der Waals surface area contributed by atoms with E-state index in [-0.39, 0.29) is 5.41 Å². The van der Waals surface area contributed by atoms with Crippen LogP contribution in [0.4, 0.5) is 8.78 Å². The summed E-state index contributed by atoms with van der Waals surface area (Å²) in [4.78, 5) is 10.6. The van der Waals surface area contributed by atoms with Crippen molar-refractivity contribution in [2.45, 2.75) is 26.7 Å². The Kier molecular flexibility index (Phi) is 4.80. The van der Waals surface area contributed by atoms with Crippen molar-refractivity contribution in [1.29, 1.82) is 0 Å². The standard InChI is InChI=1S/C8H16F2N2OS/c1-7(2,3)4-14-5-8(9,10)6(13)12-11/h4-5,11H2,1-3H3,(H,12,13). The Morgan fingerprint density at radius 3 is 2.21 bits per heavy atom. The van der Waals surface area contributed by atoms with Crippen molar-refractivity contribution in [3.63, 3.8) is 0 Å². The van der Waals surface area contributed by atoms with Gasteiger partial charge in [0, 0.05) is 0 Å². The second-order valence-corrected chi connectivity index (χ2v) is 5.22. The van der Waals surface area contributed by atoms with Crippen LogP contribution in [0.5, 0.6) is 0 Å². The molecule has 3 nitrogen and oxygen atoms in total. The molecule has 0 heterocycles. The molecule has 0 spiro atoms. The molecule has 0 fully saturated rings. The maximum absolute atomic E-state index is 12.9. The summed E-state index contributed by atoms with van der Waals surface area (Å²) in [6, 6.07) is 0. The van der Waals surface area contributed by atoms with Crippen LogP contribution in [0.15, 0.2) is 0 Å². The van der Waals surface area contributed by atoms with E-state index in [4.69, 9.17) is 0 Å². The van der Waals surface area contributed by atoms with Crippen molar-refractivity contribution in [1.82, 2.24) is 5.43 Å². The largest absolute Gasteiger partial charge is 0.334 e. The minimum absolute atomic E-state index is 0.0278. The summed E-state index contributed by atoms with van der Waals surface area (Å²) < 4.78 is 25.8. The molecule has 0 aliphatic heterocycles. The van der Waals surface area contributed by atoms with Gasteiger partial charge in [0.25, 0.3) is 0 Å². The molecule has 0 aliphatic carbocycles. The third kappa shape index (κ3) is 5.39. The SMILES string of the molecule is CC(C)(C)CSCC(F)(F)C(=O)NN. The molecule has 0 aromatic rings. The lowest BCUT2D eigenvalue weighted by molar-refractivity contribution is -0.142. The number of carbonyl (C=O) groups excluding carboxylic acids is 1. The highest BCUT2D eigenvalue weighted by molar-refractivity contribution is 7.99. The van der Waals surface area contributed by atoms with Gasteiger partial charge in [0.2, 0.25) is 0 Å². The lowest BCUT2D eigenvalue weighted by atomic mass is 10.0. The molecule has 0 aromatic carbocycles. The first-order valence-corrected chi connectivity index (χ1v) is 5.31. The second-order valence-electron chi connectivity index (χ2n) is 4.23. The summed E-state index contributed by atoms with van der Waals surface area (Å²) in [7, 11) is 0. The van der Waals surface area contributed by atoms with Crippen molar-refractivity contribution < 1.29 is 13.6 Å². The molecule has 0 aromatic heterocycles. The van der Waals surface area contributed by atoms with E-state index in [9.17, 15) is 13.6 Å². The van der Waals surface area contributed by atoms with Crippen molar-refractivity contribution in [3.05, 3.63) is 0 Å². The first kappa shape index (κ1) is 13.6. The number of rotatable bonds is 4. The van der Waals surface area contributed by atoms with Gasteiger partial charge >= 0.3 is 11.8 Å². The average Bonchev–Trinajstić information content (AvgIpc) is 2.00. The number of amides is 1. The van der Waals surface area contributed by atoms with Crippen molar-refractivity contribution >= 4 is 17.7 Å². The zero-order valence-electron chi connectivity index (χ0n) is 8.56. The van der Waals surface area contributed by atoms with Crippen molar-refractivity contribution in [3.8, 4) is 0 Å². The minimum Gasteiger partial charge on any atom is -0.289 e. The predicted molar refractivity (Wildman–Crippen MR) is 54.1 cm³/mol. The maximum Gasteiger partial charge on any atom is 0.334 e. The Morgan fingerprint density at radius 1 is 1.36 bits per heavy atom. The number of hydrazine groups is 1. The third-order valence-corrected chi connectivity index (χ3v) is 2.92. The van der Waals surface area contributed by atoms with Gasteiger partial charge in [-0.15, -0.1) is 0 Å². The Labute approximate surface area is 86.8 Å². The highest BCUT2D eigenvalue weighted by Gasteiger charge is 2.38. The van der Waals surface area contributed by atoms with Gasteiger partial charge in [-0.2, -0.15) is 20.5 Å². The lowest BCUT2D eigenvalue weighted by Crippen LogP contribution is -2.45. The molecule has 0 bridgehead atoms. The molecule has 84 valence electrons. The highest BCUT2D eigenvalue weighted by atomic mass is 32.2. The molecule has 0 saturated heterocycles. The summed E-state index contributed by atoms with van der Waals surface area (Å²) in [6.45, 7) is 5.84. The van der Waals surface area contributed by atoms with E-state index >= 15 is 0 Å². The van der Waals surface area contributed by atoms with Crippen molar-refractivity contribution in [2.75, 3.05) is 11.5 Å². The first-order valence-electron chi connectivity index (χ1n) is 4.16. The van der Waals surface area contributed by atoms with Gasteiger partial charge < -0.3 is 0 Å². The fourth-order valence-electron chi connectivity index (χ4n) is 0.657. The monoisotopic (exact) mass is 226 g/mol. The third-order valence-electron chi connectivity index (χ3n) is 1.28. The molecular weight excluding hydrogens is 210 g/mol. The molecule has 0 atom stereocenters. The summed E-state index contributed by atoms with van der Waals surface area (Å²) in [5, 5.41) is 0. The molecule has 6 heteroatoms. The van der Waals surface area contributed by atoms with Crippen LogP contribution < -0.4 is 11.3 Å². The van der Waals surface area contributed by atoms with Gasteiger partial charge in [-0.25, -0.2) is 5.84 Å². The van der Waals surface area contributed by atoms with Crippen LogP contribution in [0.2, 0.25) is 0 Å². The van der Waals surface area contributed by atoms with Crippen LogP contribution in [-0.4, -0.2) is 23.3 Å². The molecule has 3 N–H and O–H groups in total. The Bertz CT molecular complexity index is 204. The van der Waals surface area contributed by atoms with E-state index in [1.54, 1.807) is 0 Å².